The van der Waals surface area contributed by atoms with E-state index in [0.717, 1.165) is 11.0 Å². The highest BCUT2D eigenvalue weighted by atomic mass is 32.2. The Hall–Kier alpha value is -4.31. The lowest BCUT2D eigenvalue weighted by molar-refractivity contribution is -0.118. The average molecular weight is 505 g/mol. The van der Waals surface area contributed by atoms with Gasteiger partial charge in [0, 0.05) is 0 Å². The second kappa shape index (κ2) is 11.9. The number of fused-ring (bicyclic) bond motifs is 1. The number of aromatic nitrogens is 2. The van der Waals surface area contributed by atoms with Gasteiger partial charge in [-0.2, -0.15) is 5.10 Å². The molecule has 1 aromatic heterocycles. The zero-order valence-corrected chi connectivity index (χ0v) is 20.5. The summed E-state index contributed by atoms with van der Waals surface area (Å²) in [6.45, 7) is 2.20. The molecular weight excluding hydrogens is 480 g/mol. The zero-order valence-electron chi connectivity index (χ0n) is 19.7. The molecule has 4 rings (SSSR count). The Morgan fingerprint density at radius 1 is 1.06 bits per heavy atom. The van der Waals surface area contributed by atoms with Crippen molar-refractivity contribution in [1.82, 2.24) is 15.4 Å². The van der Waals surface area contributed by atoms with E-state index < -0.39 is 5.97 Å². The van der Waals surface area contributed by atoms with E-state index in [1.807, 2.05) is 31.2 Å². The maximum Gasteiger partial charge on any atom is 0.347 e. The van der Waals surface area contributed by atoms with Crippen molar-refractivity contribution in [2.45, 2.75) is 12.1 Å². The number of imidazole rings is 1. The molecule has 36 heavy (non-hydrogen) atoms. The lowest BCUT2D eigenvalue weighted by Gasteiger charge is -2.12. The third-order valence-corrected chi connectivity index (χ3v) is 5.78. The number of esters is 1. The molecule has 3 aromatic carbocycles. The molecule has 9 nitrogen and oxygen atoms in total. The third kappa shape index (κ3) is 6.22. The second-order valence-corrected chi connectivity index (χ2v) is 8.33. The molecule has 4 aromatic rings. The number of aromatic amines is 1. The molecule has 2 N–H and O–H groups in total. The smallest absolute Gasteiger partial charge is 0.347 e. The van der Waals surface area contributed by atoms with E-state index in [9.17, 15) is 9.59 Å². The maximum atomic E-state index is 12.7. The van der Waals surface area contributed by atoms with Crippen LogP contribution in [-0.2, 0) is 4.79 Å². The van der Waals surface area contributed by atoms with E-state index >= 15 is 0 Å². The number of thioether (sulfide) groups is 1. The molecule has 0 bridgehead atoms. The molecule has 0 radical (unpaired) electrons. The number of rotatable bonds is 10. The molecule has 0 saturated heterocycles. The summed E-state index contributed by atoms with van der Waals surface area (Å²) in [5.41, 5.74) is 5.22. The minimum absolute atomic E-state index is 0.152. The Balaban J connectivity index is 1.36. The van der Waals surface area contributed by atoms with Crippen molar-refractivity contribution >= 4 is 40.9 Å². The first-order valence-corrected chi connectivity index (χ1v) is 12.1. The number of para-hydroxylation sites is 3. The maximum absolute atomic E-state index is 12.7. The van der Waals surface area contributed by atoms with Gasteiger partial charge in [0.25, 0.3) is 5.91 Å². The third-order valence-electron chi connectivity index (χ3n) is 4.91. The van der Waals surface area contributed by atoms with Gasteiger partial charge in [-0.25, -0.2) is 15.2 Å². The highest BCUT2D eigenvalue weighted by Gasteiger charge is 2.17. The number of hydrogen-bond donors (Lipinski definition) is 2. The number of hydrogen-bond acceptors (Lipinski definition) is 8. The molecule has 0 spiro atoms. The number of ether oxygens (including phenoxy) is 3. The molecule has 0 atom stereocenters. The normalized spacial score (nSPS) is 10.9. The molecular formula is C26H24N4O5S. The van der Waals surface area contributed by atoms with Crippen LogP contribution in [0.25, 0.3) is 11.0 Å². The fraction of sp³-hybridized carbons (Fsp3) is 0.154. The monoisotopic (exact) mass is 504 g/mol. The van der Waals surface area contributed by atoms with Crippen LogP contribution in [0.15, 0.2) is 77.0 Å². The summed E-state index contributed by atoms with van der Waals surface area (Å²) in [6, 6.07) is 19.5. The molecule has 1 amide bonds. The summed E-state index contributed by atoms with van der Waals surface area (Å²) in [5, 5.41) is 4.67. The highest BCUT2D eigenvalue weighted by molar-refractivity contribution is 7.99. The summed E-state index contributed by atoms with van der Waals surface area (Å²) >= 11 is 1.29. The largest absolute Gasteiger partial charge is 0.496 e. The Labute approximate surface area is 211 Å². The number of benzene rings is 3. The van der Waals surface area contributed by atoms with Crippen molar-refractivity contribution in [1.29, 1.82) is 0 Å². The van der Waals surface area contributed by atoms with E-state index in [1.54, 1.807) is 42.5 Å². The van der Waals surface area contributed by atoms with Crippen LogP contribution in [0.2, 0.25) is 0 Å². The molecule has 184 valence electrons. The number of nitrogens with one attached hydrogen (secondary N) is 2. The molecule has 1 heterocycles. The number of carbonyl (C=O) groups excluding carboxylic acids is 2. The van der Waals surface area contributed by atoms with Crippen molar-refractivity contribution in [2.24, 2.45) is 5.10 Å². The predicted molar refractivity (Wildman–Crippen MR) is 138 cm³/mol. The van der Waals surface area contributed by atoms with Gasteiger partial charge in [0.2, 0.25) is 0 Å². The minimum Gasteiger partial charge on any atom is -0.496 e. The van der Waals surface area contributed by atoms with Crippen molar-refractivity contribution < 1.29 is 23.8 Å². The van der Waals surface area contributed by atoms with Gasteiger partial charge in [-0.05, 0) is 55.0 Å². The number of methoxy groups -OCH3 is 1. The van der Waals surface area contributed by atoms with Crippen molar-refractivity contribution in [2.75, 3.05) is 19.5 Å². The number of H-pyrrole nitrogens is 1. The Morgan fingerprint density at radius 2 is 1.86 bits per heavy atom. The Bertz CT molecular complexity index is 1370. The van der Waals surface area contributed by atoms with Gasteiger partial charge < -0.3 is 19.2 Å². The lowest BCUT2D eigenvalue weighted by atomic mass is 10.2. The quantitative estimate of drug-likeness (QED) is 0.108. The summed E-state index contributed by atoms with van der Waals surface area (Å²) in [7, 11) is 1.49. The minimum atomic E-state index is -0.566. The van der Waals surface area contributed by atoms with Crippen LogP contribution in [0.3, 0.4) is 0 Å². The van der Waals surface area contributed by atoms with E-state index in [0.29, 0.717) is 34.4 Å². The van der Waals surface area contributed by atoms with Gasteiger partial charge in [-0.1, -0.05) is 36.0 Å². The van der Waals surface area contributed by atoms with Gasteiger partial charge in [-0.15, -0.1) is 0 Å². The molecule has 0 aliphatic heterocycles. The number of amides is 1. The van der Waals surface area contributed by atoms with E-state index in [1.165, 1.54) is 25.1 Å². The summed E-state index contributed by atoms with van der Waals surface area (Å²) < 4.78 is 16.4. The molecule has 0 saturated carbocycles. The number of nitrogens with zero attached hydrogens (tertiary/aromatic N) is 2. The van der Waals surface area contributed by atoms with Crippen LogP contribution < -0.4 is 19.6 Å². The number of hydrazone groups is 1. The fourth-order valence-electron chi connectivity index (χ4n) is 3.27. The molecule has 0 unspecified atom stereocenters. The lowest BCUT2D eigenvalue weighted by Crippen LogP contribution is -2.19. The van der Waals surface area contributed by atoms with Crippen LogP contribution in [0.4, 0.5) is 0 Å². The summed E-state index contributed by atoms with van der Waals surface area (Å²) in [6.07, 6.45) is 1.48. The van der Waals surface area contributed by atoms with Crippen molar-refractivity contribution in [3.63, 3.8) is 0 Å². The standard InChI is InChI=1S/C26H24N4O5S/c1-3-34-23-14-17(12-13-22(23)35-25(32)18-8-4-7-11-21(18)33-2)15-27-30-24(31)16-36-26-28-19-9-5-6-10-20(19)29-26/h4-15H,3,16H2,1-2H3,(H,28,29)(H,30,31). The van der Waals surface area contributed by atoms with Gasteiger partial charge in [0.1, 0.15) is 11.3 Å². The zero-order chi connectivity index (χ0) is 25.3. The van der Waals surface area contributed by atoms with Crippen molar-refractivity contribution in [3.8, 4) is 17.2 Å². The summed E-state index contributed by atoms with van der Waals surface area (Å²) in [4.78, 5) is 32.4. The highest BCUT2D eigenvalue weighted by Crippen LogP contribution is 2.30. The Kier molecular flexibility index (Phi) is 8.20. The number of carbonyl (C=O) groups is 2. The Morgan fingerprint density at radius 3 is 2.67 bits per heavy atom. The first kappa shape index (κ1) is 24.8. The van der Waals surface area contributed by atoms with Crippen LogP contribution in [0.5, 0.6) is 17.2 Å². The van der Waals surface area contributed by atoms with Crippen LogP contribution in [0.1, 0.15) is 22.8 Å². The van der Waals surface area contributed by atoms with E-state index in [2.05, 4.69) is 20.5 Å². The second-order valence-electron chi connectivity index (χ2n) is 7.37. The van der Waals surface area contributed by atoms with Gasteiger partial charge in [0.05, 0.1) is 36.7 Å². The van der Waals surface area contributed by atoms with Crippen molar-refractivity contribution in [3.05, 3.63) is 77.9 Å². The van der Waals surface area contributed by atoms with Gasteiger partial charge in [-0.3, -0.25) is 4.79 Å². The summed E-state index contributed by atoms with van der Waals surface area (Å²) in [5.74, 6) is 0.360. The predicted octanol–water partition coefficient (Wildman–Crippen LogP) is 4.43. The SMILES string of the molecule is CCOc1cc(C=NNC(=O)CSc2nc3ccccc3[nH]2)ccc1OC(=O)c1ccccc1OC. The molecule has 0 fully saturated rings. The topological polar surface area (TPSA) is 115 Å². The van der Waals surface area contributed by atoms with Gasteiger partial charge >= 0.3 is 5.97 Å². The van der Waals surface area contributed by atoms with Crippen LogP contribution in [0, 0.1) is 0 Å². The first-order chi connectivity index (χ1) is 17.6. The van der Waals surface area contributed by atoms with E-state index in [4.69, 9.17) is 14.2 Å². The average Bonchev–Trinajstić information content (AvgIpc) is 3.32. The van der Waals surface area contributed by atoms with Crippen LogP contribution in [-0.4, -0.2) is 47.5 Å². The fourth-order valence-corrected chi connectivity index (χ4v) is 3.95. The first-order valence-electron chi connectivity index (χ1n) is 11.1. The van der Waals surface area contributed by atoms with Crippen LogP contribution >= 0.6 is 11.8 Å². The van der Waals surface area contributed by atoms with Gasteiger partial charge in [0.15, 0.2) is 16.7 Å². The molecule has 0 aliphatic carbocycles. The molecule has 10 heteroatoms. The van der Waals surface area contributed by atoms with E-state index in [-0.39, 0.29) is 17.4 Å². The molecule has 0 aliphatic rings.